The van der Waals surface area contributed by atoms with Crippen molar-refractivity contribution in [3.8, 4) is 6.07 Å². The van der Waals surface area contributed by atoms with E-state index in [9.17, 15) is 4.79 Å². The van der Waals surface area contributed by atoms with Crippen molar-refractivity contribution in [2.45, 2.75) is 19.9 Å². The van der Waals surface area contributed by atoms with E-state index in [1.165, 1.54) is 6.08 Å². The molecule has 0 heterocycles. The molecule has 0 aliphatic heterocycles. The number of allylic oxidation sites excluding steroid dienone is 3. The lowest BCUT2D eigenvalue weighted by Crippen LogP contribution is -2.29. The number of hydrogen-bond acceptors (Lipinski definition) is 2. The number of rotatable bonds is 3. The highest BCUT2D eigenvalue weighted by Crippen LogP contribution is 1.80. The Morgan fingerprint density at radius 3 is 2.75 bits per heavy atom. The van der Waals surface area contributed by atoms with Gasteiger partial charge in [0, 0.05) is 6.08 Å². The monoisotopic (exact) mass is 164 g/mol. The van der Waals surface area contributed by atoms with Crippen LogP contribution in [0.15, 0.2) is 24.3 Å². The van der Waals surface area contributed by atoms with Gasteiger partial charge in [-0.3, -0.25) is 4.79 Å². The van der Waals surface area contributed by atoms with Crippen molar-refractivity contribution in [3.05, 3.63) is 24.3 Å². The van der Waals surface area contributed by atoms with Crippen LogP contribution in [0.2, 0.25) is 0 Å². The normalized spacial score (nSPS) is 13.1. The standard InChI is InChI=1S/C9H12N2O/c1-3-4-5-6-9(12)11-8(2)7-10/h3-6,8H,1-2H3,(H,11,12)/b4-3+,6-5+/t8-/m1/s1. The SMILES string of the molecule is C/C=C/C=C/C(=O)N[C@H](C)C#N. The Bertz CT molecular complexity index is 235. The van der Waals surface area contributed by atoms with Crippen molar-refractivity contribution in [1.29, 1.82) is 5.26 Å². The lowest BCUT2D eigenvalue weighted by atomic mass is 10.3. The third kappa shape index (κ3) is 5.24. The van der Waals surface area contributed by atoms with Gasteiger partial charge in [0.2, 0.25) is 5.91 Å². The van der Waals surface area contributed by atoms with Gasteiger partial charge in [0.25, 0.3) is 0 Å². The first-order valence-corrected chi connectivity index (χ1v) is 3.70. The van der Waals surface area contributed by atoms with E-state index < -0.39 is 6.04 Å². The summed E-state index contributed by atoms with van der Waals surface area (Å²) in [6.45, 7) is 3.49. The Morgan fingerprint density at radius 2 is 2.25 bits per heavy atom. The lowest BCUT2D eigenvalue weighted by Gasteiger charge is -2.00. The summed E-state index contributed by atoms with van der Waals surface area (Å²) in [5, 5.41) is 10.8. The van der Waals surface area contributed by atoms with E-state index in [1.54, 1.807) is 19.1 Å². The molecule has 0 aromatic carbocycles. The molecule has 1 N–H and O–H groups in total. The summed E-state index contributed by atoms with van der Waals surface area (Å²) < 4.78 is 0. The number of carbonyl (C=O) groups is 1. The molecule has 0 aliphatic carbocycles. The minimum Gasteiger partial charge on any atom is -0.337 e. The molecule has 0 bridgehead atoms. The van der Waals surface area contributed by atoms with E-state index >= 15 is 0 Å². The second kappa shape index (κ2) is 6.17. The van der Waals surface area contributed by atoms with Gasteiger partial charge in [-0.1, -0.05) is 18.2 Å². The predicted molar refractivity (Wildman–Crippen MR) is 47.2 cm³/mol. The van der Waals surface area contributed by atoms with Gasteiger partial charge in [0.1, 0.15) is 6.04 Å². The zero-order valence-corrected chi connectivity index (χ0v) is 7.24. The quantitative estimate of drug-likeness (QED) is 0.502. The molecule has 0 radical (unpaired) electrons. The van der Waals surface area contributed by atoms with Gasteiger partial charge >= 0.3 is 0 Å². The molecule has 0 unspecified atom stereocenters. The average Bonchev–Trinajstić information content (AvgIpc) is 2.05. The second-order valence-electron chi connectivity index (χ2n) is 2.24. The van der Waals surface area contributed by atoms with Gasteiger partial charge in [-0.05, 0) is 13.8 Å². The van der Waals surface area contributed by atoms with E-state index in [4.69, 9.17) is 5.26 Å². The third-order valence-corrected chi connectivity index (χ3v) is 1.10. The van der Waals surface area contributed by atoms with Crippen molar-refractivity contribution in [1.82, 2.24) is 5.32 Å². The zero-order chi connectivity index (χ0) is 9.40. The molecule has 0 rings (SSSR count). The van der Waals surface area contributed by atoms with Crippen molar-refractivity contribution in [2.24, 2.45) is 0 Å². The minimum absolute atomic E-state index is 0.248. The number of nitriles is 1. The van der Waals surface area contributed by atoms with Crippen molar-refractivity contribution in [3.63, 3.8) is 0 Å². The molecule has 0 saturated carbocycles. The van der Waals surface area contributed by atoms with Crippen LogP contribution < -0.4 is 5.32 Å². The molecule has 3 heteroatoms. The van der Waals surface area contributed by atoms with Gasteiger partial charge in [-0.25, -0.2) is 0 Å². The molecular formula is C9H12N2O. The van der Waals surface area contributed by atoms with E-state index in [1.807, 2.05) is 19.1 Å². The van der Waals surface area contributed by atoms with E-state index in [0.29, 0.717) is 0 Å². The fraction of sp³-hybridized carbons (Fsp3) is 0.333. The summed E-state index contributed by atoms with van der Waals surface area (Å²) in [6.07, 6.45) is 6.57. The van der Waals surface area contributed by atoms with Gasteiger partial charge in [0.15, 0.2) is 0 Å². The summed E-state index contributed by atoms with van der Waals surface area (Å²) in [5.74, 6) is -0.248. The third-order valence-electron chi connectivity index (χ3n) is 1.10. The number of nitrogens with zero attached hydrogens (tertiary/aromatic N) is 1. The highest BCUT2D eigenvalue weighted by atomic mass is 16.1. The van der Waals surface area contributed by atoms with Crippen LogP contribution in [0.1, 0.15) is 13.8 Å². The highest BCUT2D eigenvalue weighted by Gasteiger charge is 1.99. The van der Waals surface area contributed by atoms with E-state index in [0.717, 1.165) is 0 Å². The molecule has 0 spiro atoms. The molecule has 1 amide bonds. The average molecular weight is 164 g/mol. The fourth-order valence-electron chi connectivity index (χ4n) is 0.548. The molecule has 64 valence electrons. The van der Waals surface area contributed by atoms with Crippen LogP contribution in [0.4, 0.5) is 0 Å². The Labute approximate surface area is 72.4 Å². The van der Waals surface area contributed by atoms with Gasteiger partial charge in [-0.15, -0.1) is 0 Å². The summed E-state index contributed by atoms with van der Waals surface area (Å²) >= 11 is 0. The van der Waals surface area contributed by atoms with Crippen LogP contribution in [0.3, 0.4) is 0 Å². The van der Waals surface area contributed by atoms with Crippen LogP contribution >= 0.6 is 0 Å². The highest BCUT2D eigenvalue weighted by molar-refractivity contribution is 5.88. The molecule has 0 fully saturated rings. The number of hydrogen-bond donors (Lipinski definition) is 1. The molecule has 1 atom stereocenters. The van der Waals surface area contributed by atoms with Gasteiger partial charge in [-0.2, -0.15) is 5.26 Å². The predicted octanol–water partition coefficient (Wildman–Crippen LogP) is 1.15. The first-order chi connectivity index (χ1) is 5.70. The topological polar surface area (TPSA) is 52.9 Å². The molecular weight excluding hydrogens is 152 g/mol. The van der Waals surface area contributed by atoms with Crippen molar-refractivity contribution < 1.29 is 4.79 Å². The maximum atomic E-state index is 10.9. The van der Waals surface area contributed by atoms with Crippen LogP contribution in [-0.2, 0) is 4.79 Å². The second-order valence-corrected chi connectivity index (χ2v) is 2.24. The fourth-order valence-corrected chi connectivity index (χ4v) is 0.548. The maximum absolute atomic E-state index is 10.9. The van der Waals surface area contributed by atoms with Crippen molar-refractivity contribution in [2.75, 3.05) is 0 Å². The lowest BCUT2D eigenvalue weighted by molar-refractivity contribution is -0.116. The van der Waals surface area contributed by atoms with Crippen LogP contribution in [0, 0.1) is 11.3 Å². The molecule has 0 saturated heterocycles. The minimum atomic E-state index is -0.437. The number of nitrogens with one attached hydrogen (secondary N) is 1. The number of amides is 1. The molecule has 3 nitrogen and oxygen atoms in total. The van der Waals surface area contributed by atoms with E-state index in [-0.39, 0.29) is 5.91 Å². The smallest absolute Gasteiger partial charge is 0.245 e. The molecule has 0 aromatic rings. The number of carbonyl (C=O) groups excluding carboxylic acids is 1. The van der Waals surface area contributed by atoms with Gasteiger partial charge in [0.05, 0.1) is 6.07 Å². The van der Waals surface area contributed by atoms with Gasteiger partial charge < -0.3 is 5.32 Å². The molecule has 12 heavy (non-hydrogen) atoms. The first kappa shape index (κ1) is 10.4. The summed E-state index contributed by atoms with van der Waals surface area (Å²) in [7, 11) is 0. The van der Waals surface area contributed by atoms with Crippen LogP contribution in [0.25, 0.3) is 0 Å². The Balaban J connectivity index is 3.83. The van der Waals surface area contributed by atoms with E-state index in [2.05, 4.69) is 5.32 Å². The largest absolute Gasteiger partial charge is 0.337 e. The zero-order valence-electron chi connectivity index (χ0n) is 7.24. The van der Waals surface area contributed by atoms with Crippen LogP contribution in [0.5, 0.6) is 0 Å². The maximum Gasteiger partial charge on any atom is 0.245 e. The summed E-state index contributed by atoms with van der Waals surface area (Å²) in [6, 6.07) is 1.47. The molecule has 0 aliphatic rings. The first-order valence-electron chi connectivity index (χ1n) is 3.70. The summed E-state index contributed by atoms with van der Waals surface area (Å²) in [4.78, 5) is 10.9. The van der Waals surface area contributed by atoms with Crippen LogP contribution in [-0.4, -0.2) is 11.9 Å². The summed E-state index contributed by atoms with van der Waals surface area (Å²) in [5.41, 5.74) is 0. The Hall–Kier alpha value is -1.56. The Morgan fingerprint density at radius 1 is 1.58 bits per heavy atom. The molecule has 0 aromatic heterocycles. The Kier molecular flexibility index (Phi) is 5.37. The van der Waals surface area contributed by atoms with Crippen molar-refractivity contribution >= 4 is 5.91 Å².